The van der Waals surface area contributed by atoms with Crippen LogP contribution in [0.2, 0.25) is 0 Å². The zero-order chi connectivity index (χ0) is 20.9. The van der Waals surface area contributed by atoms with Crippen molar-refractivity contribution in [1.29, 1.82) is 0 Å². The third-order valence-corrected chi connectivity index (χ3v) is 4.91. The summed E-state index contributed by atoms with van der Waals surface area (Å²) < 4.78 is 14.8. The van der Waals surface area contributed by atoms with Gasteiger partial charge in [0.1, 0.15) is 12.1 Å². The van der Waals surface area contributed by atoms with E-state index in [9.17, 15) is 9.18 Å². The highest BCUT2D eigenvalue weighted by molar-refractivity contribution is 5.96. The molecule has 0 aliphatic rings. The number of halogens is 1. The van der Waals surface area contributed by atoms with Crippen molar-refractivity contribution in [3.8, 4) is 16.8 Å². The van der Waals surface area contributed by atoms with Gasteiger partial charge >= 0.3 is 0 Å². The van der Waals surface area contributed by atoms with E-state index >= 15 is 0 Å². The minimum Gasteiger partial charge on any atom is -0.351 e. The van der Waals surface area contributed by atoms with E-state index < -0.39 is 0 Å². The summed E-state index contributed by atoms with van der Waals surface area (Å²) in [5, 5.41) is 14.2. The maximum absolute atomic E-state index is 13.3. The van der Waals surface area contributed by atoms with E-state index in [1.54, 1.807) is 24.3 Å². The number of rotatable bonds is 6. The van der Waals surface area contributed by atoms with E-state index in [1.807, 2.05) is 36.4 Å². The lowest BCUT2D eigenvalue weighted by Crippen LogP contribution is -2.27. The van der Waals surface area contributed by atoms with Crippen LogP contribution in [0.3, 0.4) is 0 Å². The van der Waals surface area contributed by atoms with E-state index in [1.165, 1.54) is 23.1 Å². The molecule has 1 unspecified atom stereocenters. The monoisotopic (exact) mass is 401 g/mol. The molecule has 7 heteroatoms. The molecule has 6 nitrogen and oxygen atoms in total. The van der Waals surface area contributed by atoms with Crippen LogP contribution in [-0.4, -0.2) is 32.7 Å². The molecule has 4 rings (SSSR count). The van der Waals surface area contributed by atoms with Crippen molar-refractivity contribution in [1.82, 2.24) is 25.5 Å². The summed E-state index contributed by atoms with van der Waals surface area (Å²) >= 11 is 0. The number of nitrogens with zero attached hydrogens (tertiary/aromatic N) is 4. The third kappa shape index (κ3) is 4.41. The van der Waals surface area contributed by atoms with Gasteiger partial charge in [-0.1, -0.05) is 49.4 Å². The Kier molecular flexibility index (Phi) is 5.61. The van der Waals surface area contributed by atoms with Crippen molar-refractivity contribution >= 4 is 5.91 Å². The molecule has 0 bridgehead atoms. The first kappa shape index (κ1) is 19.4. The summed E-state index contributed by atoms with van der Waals surface area (Å²) in [5.74, 6) is -0.339. The fourth-order valence-electron chi connectivity index (χ4n) is 3.21. The summed E-state index contributed by atoms with van der Waals surface area (Å²) in [6.07, 6.45) is 1.46. The molecule has 0 saturated heterocycles. The van der Waals surface area contributed by atoms with Crippen LogP contribution in [0.5, 0.6) is 0 Å². The quantitative estimate of drug-likeness (QED) is 0.530. The van der Waals surface area contributed by atoms with Gasteiger partial charge in [0.05, 0.1) is 5.69 Å². The van der Waals surface area contributed by atoms with Gasteiger partial charge in [-0.25, -0.2) is 9.07 Å². The van der Waals surface area contributed by atoms with E-state index in [-0.39, 0.29) is 17.6 Å². The number of carbonyl (C=O) groups is 1. The molecule has 0 aliphatic carbocycles. The molecule has 1 atom stereocenters. The second-order valence-corrected chi connectivity index (χ2v) is 7.05. The molecule has 0 radical (unpaired) electrons. The van der Waals surface area contributed by atoms with E-state index in [2.05, 4.69) is 27.8 Å². The maximum atomic E-state index is 13.3. The predicted octanol–water partition coefficient (Wildman–Crippen LogP) is 4.00. The SMILES string of the molecule is CC(CNC(=O)c1cc(-c2ccc(F)cc2)cc(-n2cnnn2)c1)c1ccccc1. The van der Waals surface area contributed by atoms with Crippen molar-refractivity contribution in [3.05, 3.63) is 96.1 Å². The lowest BCUT2D eigenvalue weighted by Gasteiger charge is -2.14. The molecular formula is C23H20FN5O. The van der Waals surface area contributed by atoms with Gasteiger partial charge in [-0.05, 0) is 63.4 Å². The van der Waals surface area contributed by atoms with Crippen molar-refractivity contribution in [2.24, 2.45) is 0 Å². The van der Waals surface area contributed by atoms with Gasteiger partial charge in [0.25, 0.3) is 5.91 Å². The van der Waals surface area contributed by atoms with Crippen LogP contribution in [0, 0.1) is 5.82 Å². The van der Waals surface area contributed by atoms with Crippen LogP contribution in [0.15, 0.2) is 79.1 Å². The Morgan fingerprint density at radius 2 is 1.80 bits per heavy atom. The number of tetrazole rings is 1. The number of carbonyl (C=O) groups excluding carboxylic acids is 1. The maximum Gasteiger partial charge on any atom is 0.251 e. The highest BCUT2D eigenvalue weighted by Crippen LogP contribution is 2.24. The minimum absolute atomic E-state index is 0.175. The standard InChI is InChI=1S/C23H20FN5O/c1-16(17-5-3-2-4-6-17)14-25-23(30)20-11-19(18-7-9-21(24)10-8-18)12-22(13-20)29-15-26-27-28-29/h2-13,15-16H,14H2,1H3,(H,25,30). The molecule has 0 saturated carbocycles. The molecule has 30 heavy (non-hydrogen) atoms. The Morgan fingerprint density at radius 1 is 1.03 bits per heavy atom. The first-order chi connectivity index (χ1) is 14.6. The van der Waals surface area contributed by atoms with Gasteiger partial charge in [-0.15, -0.1) is 5.10 Å². The van der Waals surface area contributed by atoms with Gasteiger partial charge < -0.3 is 5.32 Å². The zero-order valence-electron chi connectivity index (χ0n) is 16.4. The van der Waals surface area contributed by atoms with E-state index in [0.717, 1.165) is 16.7 Å². The first-order valence-electron chi connectivity index (χ1n) is 9.58. The molecule has 4 aromatic rings. The van der Waals surface area contributed by atoms with Crippen LogP contribution in [0.25, 0.3) is 16.8 Å². The van der Waals surface area contributed by atoms with Crippen LogP contribution in [0.4, 0.5) is 4.39 Å². The number of hydrogen-bond donors (Lipinski definition) is 1. The van der Waals surface area contributed by atoms with Crippen LogP contribution in [-0.2, 0) is 0 Å². The molecule has 0 aliphatic heterocycles. The summed E-state index contributed by atoms with van der Waals surface area (Å²) in [6.45, 7) is 2.57. The number of amides is 1. The van der Waals surface area contributed by atoms with Gasteiger partial charge in [0.15, 0.2) is 0 Å². The second-order valence-electron chi connectivity index (χ2n) is 7.05. The highest BCUT2D eigenvalue weighted by atomic mass is 19.1. The summed E-state index contributed by atoms with van der Waals surface area (Å²) in [7, 11) is 0. The Hall–Kier alpha value is -3.87. The molecule has 1 aromatic heterocycles. The second kappa shape index (κ2) is 8.65. The fraction of sp³-hybridized carbons (Fsp3) is 0.130. The van der Waals surface area contributed by atoms with Crippen molar-refractivity contribution < 1.29 is 9.18 Å². The fourth-order valence-corrected chi connectivity index (χ4v) is 3.21. The van der Waals surface area contributed by atoms with Crippen molar-refractivity contribution in [3.63, 3.8) is 0 Å². The highest BCUT2D eigenvalue weighted by Gasteiger charge is 2.13. The number of benzene rings is 3. The lowest BCUT2D eigenvalue weighted by atomic mass is 10.00. The van der Waals surface area contributed by atoms with Crippen LogP contribution >= 0.6 is 0 Å². The van der Waals surface area contributed by atoms with Crippen molar-refractivity contribution in [2.45, 2.75) is 12.8 Å². The Morgan fingerprint density at radius 3 is 2.50 bits per heavy atom. The zero-order valence-corrected chi connectivity index (χ0v) is 16.4. The topological polar surface area (TPSA) is 72.7 Å². The molecule has 3 aromatic carbocycles. The molecule has 1 heterocycles. The normalized spacial score (nSPS) is 11.8. The van der Waals surface area contributed by atoms with Crippen LogP contribution in [0.1, 0.15) is 28.8 Å². The Bertz CT molecular complexity index is 1130. The minimum atomic E-state index is -0.316. The largest absolute Gasteiger partial charge is 0.351 e. The smallest absolute Gasteiger partial charge is 0.251 e. The summed E-state index contributed by atoms with van der Waals surface area (Å²) in [4.78, 5) is 12.9. The Labute approximate surface area is 173 Å². The third-order valence-electron chi connectivity index (χ3n) is 4.91. The summed E-state index contributed by atoms with van der Waals surface area (Å²) in [6, 6.07) is 21.5. The summed E-state index contributed by atoms with van der Waals surface area (Å²) in [5.41, 5.74) is 3.83. The molecule has 150 valence electrons. The van der Waals surface area contributed by atoms with Gasteiger partial charge in [0, 0.05) is 12.1 Å². The van der Waals surface area contributed by atoms with Gasteiger partial charge in [-0.2, -0.15) is 0 Å². The number of nitrogens with one attached hydrogen (secondary N) is 1. The van der Waals surface area contributed by atoms with Crippen molar-refractivity contribution in [2.75, 3.05) is 6.54 Å². The number of hydrogen-bond acceptors (Lipinski definition) is 4. The molecule has 1 amide bonds. The molecule has 0 spiro atoms. The van der Waals surface area contributed by atoms with E-state index in [4.69, 9.17) is 0 Å². The average Bonchev–Trinajstić information content (AvgIpc) is 3.33. The molecule has 0 fully saturated rings. The predicted molar refractivity (Wildman–Crippen MR) is 112 cm³/mol. The van der Waals surface area contributed by atoms with Gasteiger partial charge in [0.2, 0.25) is 0 Å². The molecular weight excluding hydrogens is 381 g/mol. The number of aromatic nitrogens is 4. The molecule has 1 N–H and O–H groups in total. The van der Waals surface area contributed by atoms with Gasteiger partial charge in [-0.3, -0.25) is 4.79 Å². The van der Waals surface area contributed by atoms with E-state index in [0.29, 0.717) is 17.8 Å². The lowest BCUT2D eigenvalue weighted by molar-refractivity contribution is 0.0951. The average molecular weight is 401 g/mol. The van der Waals surface area contributed by atoms with Crippen LogP contribution < -0.4 is 5.32 Å². The Balaban J connectivity index is 1.61. The first-order valence-corrected chi connectivity index (χ1v) is 9.58.